The molecule has 0 unspecified atom stereocenters. The summed E-state index contributed by atoms with van der Waals surface area (Å²) < 4.78 is 2.10. The summed E-state index contributed by atoms with van der Waals surface area (Å²) in [5, 5.41) is 11.4. The number of nitrogens with zero attached hydrogens (tertiary/aromatic N) is 4. The molecule has 1 saturated heterocycles. The Labute approximate surface area is 165 Å². The van der Waals surface area contributed by atoms with Crippen LogP contribution in [0.5, 0.6) is 0 Å². The van der Waals surface area contributed by atoms with Crippen LogP contribution in [-0.4, -0.2) is 44.6 Å². The van der Waals surface area contributed by atoms with Crippen LogP contribution in [0.4, 0.5) is 0 Å². The normalized spacial score (nSPS) is 18.9. The highest BCUT2D eigenvalue weighted by molar-refractivity contribution is 5.83. The zero-order chi connectivity index (χ0) is 19.3. The Morgan fingerprint density at radius 1 is 1.18 bits per heavy atom. The van der Waals surface area contributed by atoms with Crippen LogP contribution in [0.25, 0.3) is 0 Å². The molecular weight excluding hydrogens is 354 g/mol. The first-order chi connectivity index (χ1) is 13.7. The van der Waals surface area contributed by atoms with Crippen LogP contribution in [-0.2, 0) is 35.5 Å². The Balaban J connectivity index is 1.26. The second-order valence-corrected chi connectivity index (χ2v) is 7.67. The van der Waals surface area contributed by atoms with E-state index in [0.717, 1.165) is 43.9 Å². The number of fused-ring (bicyclic) bond motifs is 1. The molecule has 0 saturated carbocycles. The maximum atomic E-state index is 12.6. The van der Waals surface area contributed by atoms with Gasteiger partial charge in [-0.3, -0.25) is 9.59 Å². The van der Waals surface area contributed by atoms with E-state index in [1.165, 1.54) is 5.56 Å². The number of carbonyl (C=O) groups excluding carboxylic acids is 2. The maximum absolute atomic E-state index is 12.6. The number of aromatic nitrogens is 3. The van der Waals surface area contributed by atoms with Crippen molar-refractivity contribution in [3.8, 4) is 0 Å². The number of amides is 2. The molecule has 4 rings (SSSR count). The number of rotatable bonds is 7. The van der Waals surface area contributed by atoms with Gasteiger partial charge in [0.05, 0.1) is 12.5 Å². The van der Waals surface area contributed by atoms with E-state index >= 15 is 0 Å². The topological polar surface area (TPSA) is 80.1 Å². The molecular formula is C21H27N5O2. The van der Waals surface area contributed by atoms with Crippen molar-refractivity contribution < 1.29 is 9.59 Å². The predicted octanol–water partition coefficient (Wildman–Crippen LogP) is 1.71. The van der Waals surface area contributed by atoms with Gasteiger partial charge in [-0.05, 0) is 31.2 Å². The summed E-state index contributed by atoms with van der Waals surface area (Å²) >= 11 is 0. The first-order valence-electron chi connectivity index (χ1n) is 10.2. The van der Waals surface area contributed by atoms with E-state index in [2.05, 4.69) is 32.2 Å². The third-order valence-electron chi connectivity index (χ3n) is 5.71. The molecule has 1 aromatic carbocycles. The van der Waals surface area contributed by atoms with Gasteiger partial charge in [-0.2, -0.15) is 0 Å². The number of carbonyl (C=O) groups is 2. The molecule has 0 spiro atoms. The van der Waals surface area contributed by atoms with Gasteiger partial charge in [0, 0.05) is 32.5 Å². The SMILES string of the molecule is O=C(NCc1nnc2n1CCC2)[C@@H]1CCC(=O)N(CCCc2ccccc2)C1. The Bertz CT molecular complexity index is 833. The molecule has 2 aliphatic rings. The van der Waals surface area contributed by atoms with E-state index in [4.69, 9.17) is 0 Å². The van der Waals surface area contributed by atoms with Gasteiger partial charge < -0.3 is 14.8 Å². The standard InChI is InChI=1S/C21H27N5O2/c27-20-11-10-17(15-25(20)12-4-8-16-6-2-1-3-7-16)21(28)22-14-19-24-23-18-9-5-13-26(18)19/h1-3,6-7,17H,4-5,8-15H2,(H,22,28)/t17-/m1/s1. The van der Waals surface area contributed by atoms with Crippen molar-refractivity contribution in [1.82, 2.24) is 25.0 Å². The maximum Gasteiger partial charge on any atom is 0.225 e. The summed E-state index contributed by atoms with van der Waals surface area (Å²) in [6.07, 6.45) is 4.98. The largest absolute Gasteiger partial charge is 0.348 e. The van der Waals surface area contributed by atoms with Gasteiger partial charge in [-0.15, -0.1) is 10.2 Å². The van der Waals surface area contributed by atoms with Gasteiger partial charge in [0.1, 0.15) is 5.82 Å². The summed E-state index contributed by atoms with van der Waals surface area (Å²) in [6, 6.07) is 10.3. The van der Waals surface area contributed by atoms with Crippen molar-refractivity contribution in [1.29, 1.82) is 0 Å². The van der Waals surface area contributed by atoms with Crippen molar-refractivity contribution in [3.05, 3.63) is 47.5 Å². The van der Waals surface area contributed by atoms with Crippen molar-refractivity contribution in [3.63, 3.8) is 0 Å². The van der Waals surface area contributed by atoms with Gasteiger partial charge >= 0.3 is 0 Å². The molecule has 0 radical (unpaired) electrons. The van der Waals surface area contributed by atoms with Gasteiger partial charge in [0.2, 0.25) is 11.8 Å². The lowest BCUT2D eigenvalue weighted by Crippen LogP contribution is -2.46. The summed E-state index contributed by atoms with van der Waals surface area (Å²) in [6.45, 7) is 2.55. The van der Waals surface area contributed by atoms with Crippen LogP contribution in [0.3, 0.4) is 0 Å². The molecule has 1 N–H and O–H groups in total. The average Bonchev–Trinajstić information content (AvgIpc) is 3.33. The fraction of sp³-hybridized carbons (Fsp3) is 0.524. The van der Waals surface area contributed by atoms with Crippen LogP contribution in [0.15, 0.2) is 30.3 Å². The monoisotopic (exact) mass is 381 g/mol. The fourth-order valence-corrected chi connectivity index (χ4v) is 4.12. The Kier molecular flexibility index (Phi) is 5.69. The van der Waals surface area contributed by atoms with Crippen LogP contribution < -0.4 is 5.32 Å². The highest BCUT2D eigenvalue weighted by Gasteiger charge is 2.30. The number of piperidine rings is 1. The number of nitrogens with one attached hydrogen (secondary N) is 1. The molecule has 1 atom stereocenters. The highest BCUT2D eigenvalue weighted by atomic mass is 16.2. The third-order valence-corrected chi connectivity index (χ3v) is 5.71. The van der Waals surface area contributed by atoms with Crippen molar-refractivity contribution in [2.45, 2.75) is 51.6 Å². The lowest BCUT2D eigenvalue weighted by atomic mass is 9.96. The number of likely N-dealkylation sites (tertiary alicyclic amines) is 1. The van der Waals surface area contributed by atoms with E-state index in [0.29, 0.717) is 32.5 Å². The van der Waals surface area contributed by atoms with E-state index in [1.807, 2.05) is 23.1 Å². The molecule has 1 fully saturated rings. The molecule has 1 aromatic heterocycles. The first kappa shape index (κ1) is 18.7. The number of aryl methyl sites for hydroxylation is 2. The van der Waals surface area contributed by atoms with E-state index in [1.54, 1.807) is 0 Å². The molecule has 148 valence electrons. The minimum atomic E-state index is -0.143. The smallest absolute Gasteiger partial charge is 0.225 e. The number of hydrogen-bond acceptors (Lipinski definition) is 4. The van der Waals surface area contributed by atoms with Crippen LogP contribution >= 0.6 is 0 Å². The average molecular weight is 381 g/mol. The lowest BCUT2D eigenvalue weighted by Gasteiger charge is -2.32. The van der Waals surface area contributed by atoms with Crippen molar-refractivity contribution in [2.75, 3.05) is 13.1 Å². The Morgan fingerprint density at radius 2 is 2.04 bits per heavy atom. The third kappa shape index (κ3) is 4.24. The molecule has 2 aromatic rings. The van der Waals surface area contributed by atoms with Gasteiger partial charge in [-0.1, -0.05) is 30.3 Å². The quantitative estimate of drug-likeness (QED) is 0.792. The van der Waals surface area contributed by atoms with Crippen LogP contribution in [0.2, 0.25) is 0 Å². The Morgan fingerprint density at radius 3 is 2.89 bits per heavy atom. The molecule has 3 heterocycles. The summed E-state index contributed by atoms with van der Waals surface area (Å²) in [5.41, 5.74) is 1.28. The number of hydrogen-bond donors (Lipinski definition) is 1. The lowest BCUT2D eigenvalue weighted by molar-refractivity contribution is -0.138. The van der Waals surface area contributed by atoms with Gasteiger partial charge in [0.15, 0.2) is 5.82 Å². The summed E-state index contributed by atoms with van der Waals surface area (Å²) in [4.78, 5) is 26.7. The number of benzene rings is 1. The molecule has 7 nitrogen and oxygen atoms in total. The predicted molar refractivity (Wildman–Crippen MR) is 104 cm³/mol. The second kappa shape index (κ2) is 8.54. The molecule has 7 heteroatoms. The van der Waals surface area contributed by atoms with E-state index < -0.39 is 0 Å². The second-order valence-electron chi connectivity index (χ2n) is 7.67. The molecule has 2 amide bonds. The molecule has 28 heavy (non-hydrogen) atoms. The van der Waals surface area contributed by atoms with Gasteiger partial charge in [0.25, 0.3) is 0 Å². The molecule has 0 aliphatic carbocycles. The van der Waals surface area contributed by atoms with E-state index in [-0.39, 0.29) is 17.7 Å². The van der Waals surface area contributed by atoms with Crippen LogP contribution in [0.1, 0.15) is 42.9 Å². The summed E-state index contributed by atoms with van der Waals surface area (Å²) in [5.74, 6) is 1.86. The zero-order valence-electron chi connectivity index (χ0n) is 16.1. The molecule has 0 bridgehead atoms. The Hall–Kier alpha value is -2.70. The zero-order valence-corrected chi connectivity index (χ0v) is 16.1. The minimum absolute atomic E-state index is 0.0101. The molecule has 2 aliphatic heterocycles. The van der Waals surface area contributed by atoms with E-state index in [9.17, 15) is 9.59 Å². The van der Waals surface area contributed by atoms with Crippen LogP contribution in [0, 0.1) is 5.92 Å². The fourth-order valence-electron chi connectivity index (χ4n) is 4.12. The first-order valence-corrected chi connectivity index (χ1v) is 10.2. The highest BCUT2D eigenvalue weighted by Crippen LogP contribution is 2.19. The van der Waals surface area contributed by atoms with Crippen molar-refractivity contribution in [2.24, 2.45) is 5.92 Å². The van der Waals surface area contributed by atoms with Crippen molar-refractivity contribution >= 4 is 11.8 Å². The van der Waals surface area contributed by atoms with Gasteiger partial charge in [-0.25, -0.2) is 0 Å². The summed E-state index contributed by atoms with van der Waals surface area (Å²) in [7, 11) is 0. The minimum Gasteiger partial charge on any atom is -0.348 e.